The lowest BCUT2D eigenvalue weighted by Crippen LogP contribution is -2.05. The van der Waals surface area contributed by atoms with Crippen LogP contribution in [0.4, 0.5) is 13.2 Å². The van der Waals surface area contributed by atoms with Crippen LogP contribution in [0.5, 0.6) is 0 Å². The van der Waals surface area contributed by atoms with Gasteiger partial charge in [-0.05, 0) is 6.92 Å². The van der Waals surface area contributed by atoms with Crippen LogP contribution >= 0.6 is 0 Å². The molecule has 0 unspecified atom stereocenters. The van der Waals surface area contributed by atoms with E-state index in [1.54, 1.807) is 0 Å². The molecule has 8 heteroatoms. The molecule has 0 saturated carbocycles. The molecule has 0 aliphatic carbocycles. The minimum absolute atomic E-state index is 0.00686. The first kappa shape index (κ1) is 12.1. The molecular weight excluding hydrogens is 251 g/mol. The fourth-order valence-electron chi connectivity index (χ4n) is 1.43. The highest BCUT2D eigenvalue weighted by Crippen LogP contribution is 2.19. The highest BCUT2D eigenvalue weighted by Gasteiger charge is 2.19. The largest absolute Gasteiger partial charge is 0.476 e. The number of carboxylic acid groups (broad SMARTS) is 1. The maximum absolute atomic E-state index is 13.5. The van der Waals surface area contributed by atoms with Gasteiger partial charge < -0.3 is 5.11 Å². The SMILES string of the molecule is Cc1c(C(=O)O)nnn1-c1cc(F)c(F)cc1F. The summed E-state index contributed by atoms with van der Waals surface area (Å²) in [6, 6.07) is 0.935. The summed E-state index contributed by atoms with van der Waals surface area (Å²) < 4.78 is 40.0. The molecule has 0 bridgehead atoms. The summed E-state index contributed by atoms with van der Waals surface area (Å²) in [5, 5.41) is 15.5. The second kappa shape index (κ2) is 4.13. The normalized spacial score (nSPS) is 10.7. The van der Waals surface area contributed by atoms with Crippen molar-refractivity contribution >= 4 is 5.97 Å². The zero-order valence-corrected chi connectivity index (χ0v) is 8.99. The minimum atomic E-state index is -1.35. The molecule has 2 aromatic rings. The number of carbonyl (C=O) groups is 1. The van der Waals surface area contributed by atoms with Gasteiger partial charge in [-0.1, -0.05) is 5.21 Å². The third kappa shape index (κ3) is 1.81. The first-order chi connectivity index (χ1) is 8.41. The van der Waals surface area contributed by atoms with E-state index in [0.717, 1.165) is 4.68 Å². The Morgan fingerprint density at radius 3 is 2.39 bits per heavy atom. The molecule has 18 heavy (non-hydrogen) atoms. The molecule has 0 amide bonds. The Balaban J connectivity index is 2.63. The third-order valence-corrected chi connectivity index (χ3v) is 2.32. The molecule has 1 aromatic carbocycles. The van der Waals surface area contributed by atoms with Crippen molar-refractivity contribution in [2.45, 2.75) is 6.92 Å². The van der Waals surface area contributed by atoms with Crippen LogP contribution in [0.3, 0.4) is 0 Å². The van der Waals surface area contributed by atoms with Gasteiger partial charge in [0, 0.05) is 12.1 Å². The van der Waals surface area contributed by atoms with Gasteiger partial charge in [-0.25, -0.2) is 22.6 Å². The molecule has 0 atom stereocenters. The molecule has 0 aliphatic heterocycles. The number of halogens is 3. The summed E-state index contributed by atoms with van der Waals surface area (Å²) in [6.07, 6.45) is 0. The van der Waals surface area contributed by atoms with Gasteiger partial charge in [0.1, 0.15) is 5.69 Å². The number of carboxylic acids is 1. The molecule has 1 aromatic heterocycles. The van der Waals surface area contributed by atoms with Crippen molar-refractivity contribution in [2.24, 2.45) is 0 Å². The first-order valence-electron chi connectivity index (χ1n) is 4.72. The van der Waals surface area contributed by atoms with E-state index < -0.39 is 29.1 Å². The summed E-state index contributed by atoms with van der Waals surface area (Å²) in [5.41, 5.74) is -0.794. The number of aromatic carboxylic acids is 1. The quantitative estimate of drug-likeness (QED) is 0.831. The molecule has 0 radical (unpaired) electrons. The van der Waals surface area contributed by atoms with Crippen molar-refractivity contribution in [3.8, 4) is 5.69 Å². The fraction of sp³-hybridized carbons (Fsp3) is 0.100. The number of rotatable bonds is 2. The van der Waals surface area contributed by atoms with Crippen molar-refractivity contribution in [3.63, 3.8) is 0 Å². The highest BCUT2D eigenvalue weighted by atomic mass is 19.2. The fourth-order valence-corrected chi connectivity index (χ4v) is 1.43. The maximum Gasteiger partial charge on any atom is 0.358 e. The molecule has 0 saturated heterocycles. The van der Waals surface area contributed by atoms with Crippen molar-refractivity contribution in [3.05, 3.63) is 41.0 Å². The van der Waals surface area contributed by atoms with Gasteiger partial charge in [0.15, 0.2) is 23.1 Å². The van der Waals surface area contributed by atoms with E-state index in [-0.39, 0.29) is 11.4 Å². The van der Waals surface area contributed by atoms with E-state index in [4.69, 9.17) is 5.11 Å². The van der Waals surface area contributed by atoms with Gasteiger partial charge in [0.05, 0.1) is 5.69 Å². The Morgan fingerprint density at radius 2 is 1.83 bits per heavy atom. The molecule has 1 N–H and O–H groups in total. The number of hydrogen-bond donors (Lipinski definition) is 1. The van der Waals surface area contributed by atoms with E-state index in [9.17, 15) is 18.0 Å². The maximum atomic E-state index is 13.5. The van der Waals surface area contributed by atoms with Crippen molar-refractivity contribution in [1.29, 1.82) is 0 Å². The van der Waals surface area contributed by atoms with Crippen molar-refractivity contribution in [2.75, 3.05) is 0 Å². The van der Waals surface area contributed by atoms with Gasteiger partial charge in [-0.15, -0.1) is 5.10 Å². The zero-order valence-electron chi connectivity index (χ0n) is 8.99. The number of benzene rings is 1. The Hall–Kier alpha value is -2.38. The van der Waals surface area contributed by atoms with Crippen LogP contribution in [-0.4, -0.2) is 26.1 Å². The Kier molecular flexibility index (Phi) is 2.77. The van der Waals surface area contributed by atoms with Crippen molar-refractivity contribution < 1.29 is 23.1 Å². The van der Waals surface area contributed by atoms with E-state index in [1.165, 1.54) is 6.92 Å². The molecule has 5 nitrogen and oxygen atoms in total. The van der Waals surface area contributed by atoms with E-state index in [2.05, 4.69) is 10.3 Å². The lowest BCUT2D eigenvalue weighted by atomic mass is 10.2. The standard InChI is InChI=1S/C10H6F3N3O2/c1-4-9(10(17)18)14-15-16(4)8-3-6(12)5(11)2-7(8)13/h2-3H,1H3,(H,17,18). The molecule has 0 aliphatic rings. The van der Waals surface area contributed by atoms with Gasteiger partial charge in [0.25, 0.3) is 0 Å². The summed E-state index contributed by atoms with van der Waals surface area (Å²) >= 11 is 0. The minimum Gasteiger partial charge on any atom is -0.476 e. The Bertz CT molecular complexity index is 640. The Labute approximate surface area is 98.5 Å². The van der Waals surface area contributed by atoms with Crippen LogP contribution in [0.15, 0.2) is 12.1 Å². The van der Waals surface area contributed by atoms with E-state index in [0.29, 0.717) is 12.1 Å². The molecule has 0 fully saturated rings. The first-order valence-corrected chi connectivity index (χ1v) is 4.72. The molecule has 2 rings (SSSR count). The average Bonchev–Trinajstić information content (AvgIpc) is 2.66. The number of hydrogen-bond acceptors (Lipinski definition) is 3. The van der Waals surface area contributed by atoms with Crippen LogP contribution in [-0.2, 0) is 0 Å². The van der Waals surface area contributed by atoms with Crippen LogP contribution in [0.2, 0.25) is 0 Å². The average molecular weight is 257 g/mol. The second-order valence-corrected chi connectivity index (χ2v) is 3.46. The molecule has 1 heterocycles. The molecule has 0 spiro atoms. The predicted molar refractivity (Wildman–Crippen MR) is 52.9 cm³/mol. The summed E-state index contributed by atoms with van der Waals surface area (Å²) in [7, 11) is 0. The predicted octanol–water partition coefficient (Wildman–Crippen LogP) is 1.69. The van der Waals surface area contributed by atoms with Crippen LogP contribution in [0, 0.1) is 24.4 Å². The highest BCUT2D eigenvalue weighted by molar-refractivity contribution is 5.86. The zero-order chi connectivity index (χ0) is 13.4. The smallest absolute Gasteiger partial charge is 0.358 e. The Morgan fingerprint density at radius 1 is 1.22 bits per heavy atom. The van der Waals surface area contributed by atoms with E-state index >= 15 is 0 Å². The lowest BCUT2D eigenvalue weighted by molar-refractivity contribution is 0.0689. The summed E-state index contributed by atoms with van der Waals surface area (Å²) in [6.45, 7) is 1.32. The van der Waals surface area contributed by atoms with Crippen LogP contribution in [0.25, 0.3) is 5.69 Å². The third-order valence-electron chi connectivity index (χ3n) is 2.32. The molecule has 94 valence electrons. The topological polar surface area (TPSA) is 68.0 Å². The molecular formula is C10H6F3N3O2. The second-order valence-electron chi connectivity index (χ2n) is 3.46. The van der Waals surface area contributed by atoms with E-state index in [1.807, 2.05) is 0 Å². The van der Waals surface area contributed by atoms with Crippen LogP contribution in [0.1, 0.15) is 16.2 Å². The van der Waals surface area contributed by atoms with Gasteiger partial charge in [-0.3, -0.25) is 0 Å². The summed E-state index contributed by atoms with van der Waals surface area (Å²) in [5.74, 6) is -5.02. The van der Waals surface area contributed by atoms with Crippen LogP contribution < -0.4 is 0 Å². The van der Waals surface area contributed by atoms with Gasteiger partial charge in [-0.2, -0.15) is 0 Å². The number of aromatic nitrogens is 3. The van der Waals surface area contributed by atoms with Gasteiger partial charge >= 0.3 is 5.97 Å². The van der Waals surface area contributed by atoms with Gasteiger partial charge in [0.2, 0.25) is 0 Å². The monoisotopic (exact) mass is 257 g/mol. The number of nitrogens with zero attached hydrogens (tertiary/aromatic N) is 3. The van der Waals surface area contributed by atoms with Crippen molar-refractivity contribution in [1.82, 2.24) is 15.0 Å². The summed E-state index contributed by atoms with van der Waals surface area (Å²) in [4.78, 5) is 10.7. The lowest BCUT2D eigenvalue weighted by Gasteiger charge is -2.05.